The fraction of sp³-hybridized carbons (Fsp3) is 0.100. The molecular weight excluding hydrogens is 203 g/mol. The van der Waals surface area contributed by atoms with Gasteiger partial charge in [0, 0.05) is 11.0 Å². The molecule has 0 unspecified atom stereocenters. The maximum Gasteiger partial charge on any atom is 0.330 e. The van der Waals surface area contributed by atoms with Crippen molar-refractivity contribution in [2.75, 3.05) is 7.11 Å². The molecule has 1 aromatic rings. The number of benzene rings is 1. The summed E-state index contributed by atoms with van der Waals surface area (Å²) in [5.74, 6) is -0.675. The first kappa shape index (κ1) is 10.8. The monoisotopic (exact) mass is 212 g/mol. The molecule has 1 aromatic carbocycles. The second kappa shape index (κ2) is 5.44. The first-order valence-corrected chi connectivity index (χ1v) is 4.77. The van der Waals surface area contributed by atoms with Crippen LogP contribution in [0.1, 0.15) is 0 Å². The van der Waals surface area contributed by atoms with Crippen molar-refractivity contribution >= 4 is 17.7 Å². The van der Waals surface area contributed by atoms with Crippen molar-refractivity contribution in [3.05, 3.63) is 41.6 Å². The summed E-state index contributed by atoms with van der Waals surface area (Å²) in [7, 11) is 1.31. The van der Waals surface area contributed by atoms with Gasteiger partial charge in [0.15, 0.2) is 0 Å². The van der Waals surface area contributed by atoms with Crippen LogP contribution in [0.3, 0.4) is 0 Å². The van der Waals surface area contributed by atoms with E-state index in [2.05, 4.69) is 4.74 Å². The fourth-order valence-electron chi connectivity index (χ4n) is 0.749. The van der Waals surface area contributed by atoms with E-state index in [1.807, 2.05) is 0 Å². The number of thioether (sulfide) groups is 1. The number of carbonyl (C=O) groups is 1. The number of methoxy groups -OCH3 is 1. The summed E-state index contributed by atoms with van der Waals surface area (Å²) in [5, 5.41) is 1.60. The van der Waals surface area contributed by atoms with Crippen molar-refractivity contribution in [1.29, 1.82) is 0 Å². The molecule has 0 atom stereocenters. The Labute approximate surface area is 85.8 Å². The molecule has 0 fully saturated rings. The molecule has 0 heterocycles. The summed E-state index contributed by atoms with van der Waals surface area (Å²) >= 11 is 1.32. The third-order valence-electron chi connectivity index (χ3n) is 1.42. The molecule has 0 bridgehead atoms. The quantitative estimate of drug-likeness (QED) is 0.437. The van der Waals surface area contributed by atoms with Crippen LogP contribution in [0, 0.1) is 5.82 Å². The molecule has 0 aliphatic carbocycles. The maximum atomic E-state index is 12.5. The molecule has 0 aromatic heterocycles. The van der Waals surface area contributed by atoms with Crippen molar-refractivity contribution in [3.8, 4) is 0 Å². The van der Waals surface area contributed by atoms with Gasteiger partial charge >= 0.3 is 5.97 Å². The van der Waals surface area contributed by atoms with Crippen molar-refractivity contribution < 1.29 is 13.9 Å². The largest absolute Gasteiger partial charge is 0.466 e. The Hall–Kier alpha value is -1.29. The van der Waals surface area contributed by atoms with Crippen LogP contribution in [0.4, 0.5) is 4.39 Å². The first-order chi connectivity index (χ1) is 6.72. The Kier molecular flexibility index (Phi) is 4.19. The van der Waals surface area contributed by atoms with Crippen LogP contribution in [0.5, 0.6) is 0 Å². The minimum absolute atomic E-state index is 0.272. The van der Waals surface area contributed by atoms with Gasteiger partial charge in [-0.25, -0.2) is 9.18 Å². The second-order valence-electron chi connectivity index (χ2n) is 2.40. The first-order valence-electron chi connectivity index (χ1n) is 3.89. The Morgan fingerprint density at radius 2 is 2.07 bits per heavy atom. The van der Waals surface area contributed by atoms with E-state index in [4.69, 9.17) is 0 Å². The van der Waals surface area contributed by atoms with Gasteiger partial charge in [-0.05, 0) is 29.7 Å². The van der Waals surface area contributed by atoms with Crippen LogP contribution in [0.15, 0.2) is 40.6 Å². The molecule has 1 rings (SSSR count). The number of hydrogen-bond donors (Lipinski definition) is 0. The van der Waals surface area contributed by atoms with E-state index in [9.17, 15) is 9.18 Å². The number of rotatable bonds is 3. The number of ether oxygens (including phenoxy) is 1. The van der Waals surface area contributed by atoms with Gasteiger partial charge in [-0.3, -0.25) is 0 Å². The molecule has 0 N–H and O–H groups in total. The number of carbonyl (C=O) groups excluding carboxylic acids is 1. The normalized spacial score (nSPS) is 10.4. The van der Waals surface area contributed by atoms with Crippen molar-refractivity contribution in [1.82, 2.24) is 0 Å². The average molecular weight is 212 g/mol. The third kappa shape index (κ3) is 3.62. The van der Waals surface area contributed by atoms with Crippen LogP contribution >= 0.6 is 11.8 Å². The highest BCUT2D eigenvalue weighted by Crippen LogP contribution is 2.18. The lowest BCUT2D eigenvalue weighted by molar-refractivity contribution is -0.134. The number of halogens is 1. The summed E-state index contributed by atoms with van der Waals surface area (Å²) in [6.07, 6.45) is 1.31. The van der Waals surface area contributed by atoms with Gasteiger partial charge < -0.3 is 4.74 Å². The molecule has 0 saturated heterocycles. The van der Waals surface area contributed by atoms with Gasteiger partial charge in [0.05, 0.1) is 7.11 Å². The van der Waals surface area contributed by atoms with Crippen molar-refractivity contribution in [3.63, 3.8) is 0 Å². The highest BCUT2D eigenvalue weighted by Gasteiger charge is 1.93. The van der Waals surface area contributed by atoms with E-state index in [1.165, 1.54) is 37.1 Å². The van der Waals surface area contributed by atoms with Gasteiger partial charge in [-0.15, -0.1) is 0 Å². The molecule has 0 aliphatic rings. The fourth-order valence-corrected chi connectivity index (χ4v) is 1.38. The lowest BCUT2D eigenvalue weighted by Gasteiger charge is -1.94. The average Bonchev–Trinajstić information content (AvgIpc) is 2.21. The highest BCUT2D eigenvalue weighted by atomic mass is 32.2. The van der Waals surface area contributed by atoms with E-state index in [-0.39, 0.29) is 5.82 Å². The van der Waals surface area contributed by atoms with E-state index < -0.39 is 5.97 Å². The zero-order chi connectivity index (χ0) is 10.4. The van der Waals surface area contributed by atoms with Crippen molar-refractivity contribution in [2.24, 2.45) is 0 Å². The lowest BCUT2D eigenvalue weighted by atomic mass is 10.4. The van der Waals surface area contributed by atoms with Gasteiger partial charge in [0.2, 0.25) is 0 Å². The van der Waals surface area contributed by atoms with E-state index in [0.717, 1.165) is 4.90 Å². The van der Waals surface area contributed by atoms with E-state index in [1.54, 1.807) is 17.5 Å². The lowest BCUT2D eigenvalue weighted by Crippen LogP contribution is -1.92. The molecule has 14 heavy (non-hydrogen) atoms. The van der Waals surface area contributed by atoms with E-state index >= 15 is 0 Å². The van der Waals surface area contributed by atoms with Crippen LogP contribution in [0.25, 0.3) is 0 Å². The Balaban J connectivity index is 2.49. The van der Waals surface area contributed by atoms with E-state index in [0.29, 0.717) is 0 Å². The smallest absolute Gasteiger partial charge is 0.330 e. The molecule has 0 amide bonds. The topological polar surface area (TPSA) is 26.3 Å². The maximum absolute atomic E-state index is 12.5. The molecule has 0 radical (unpaired) electrons. The molecule has 2 nitrogen and oxygen atoms in total. The SMILES string of the molecule is COC(=O)/C=C\Sc1ccc(F)cc1. The number of hydrogen-bond acceptors (Lipinski definition) is 3. The molecule has 0 spiro atoms. The summed E-state index contributed by atoms with van der Waals surface area (Å²) in [6, 6.07) is 6.02. The summed E-state index contributed by atoms with van der Waals surface area (Å²) in [6.45, 7) is 0. The zero-order valence-electron chi connectivity index (χ0n) is 7.57. The summed E-state index contributed by atoms with van der Waals surface area (Å²) in [4.78, 5) is 11.5. The Morgan fingerprint density at radius 1 is 1.43 bits per heavy atom. The van der Waals surface area contributed by atoms with Crippen LogP contribution < -0.4 is 0 Å². The summed E-state index contributed by atoms with van der Waals surface area (Å²) in [5.41, 5.74) is 0. The second-order valence-corrected chi connectivity index (χ2v) is 3.38. The standard InChI is InChI=1S/C10H9FO2S/c1-13-10(12)6-7-14-9-4-2-8(11)3-5-9/h2-7H,1H3/b7-6-. The predicted octanol–water partition coefficient (Wildman–Crippen LogP) is 2.60. The molecule has 0 saturated carbocycles. The van der Waals surface area contributed by atoms with Gasteiger partial charge in [-0.1, -0.05) is 11.8 Å². The molecule has 0 aliphatic heterocycles. The van der Waals surface area contributed by atoms with Gasteiger partial charge in [0.1, 0.15) is 5.82 Å². The molecule has 4 heteroatoms. The molecular formula is C10H9FO2S. The zero-order valence-corrected chi connectivity index (χ0v) is 8.38. The third-order valence-corrected chi connectivity index (χ3v) is 2.24. The Morgan fingerprint density at radius 3 is 2.64 bits per heavy atom. The minimum atomic E-state index is -0.403. The predicted molar refractivity (Wildman–Crippen MR) is 53.4 cm³/mol. The van der Waals surface area contributed by atoms with Crippen molar-refractivity contribution in [2.45, 2.75) is 4.90 Å². The summed E-state index contributed by atoms with van der Waals surface area (Å²) < 4.78 is 16.9. The number of esters is 1. The van der Waals surface area contributed by atoms with Crippen LogP contribution in [0.2, 0.25) is 0 Å². The Bertz CT molecular complexity index is 332. The van der Waals surface area contributed by atoms with Gasteiger partial charge in [0.25, 0.3) is 0 Å². The van der Waals surface area contributed by atoms with Crippen LogP contribution in [-0.2, 0) is 9.53 Å². The highest BCUT2D eigenvalue weighted by molar-refractivity contribution is 8.02. The minimum Gasteiger partial charge on any atom is -0.466 e. The molecule has 74 valence electrons. The van der Waals surface area contributed by atoms with Crippen LogP contribution in [-0.4, -0.2) is 13.1 Å². The van der Waals surface area contributed by atoms with Gasteiger partial charge in [-0.2, -0.15) is 0 Å².